The van der Waals surface area contributed by atoms with Crippen LogP contribution in [0.25, 0.3) is 16.9 Å². The number of nitrogens with one attached hydrogen (secondary N) is 1. The molecule has 0 bridgehead atoms. The molecule has 0 saturated heterocycles. The van der Waals surface area contributed by atoms with E-state index in [1.54, 1.807) is 20.4 Å². The third kappa shape index (κ3) is 4.91. The van der Waals surface area contributed by atoms with Gasteiger partial charge in [-0.15, -0.1) is 0 Å². The van der Waals surface area contributed by atoms with Gasteiger partial charge in [-0.25, -0.2) is 15.0 Å². The van der Waals surface area contributed by atoms with Gasteiger partial charge in [0.15, 0.2) is 17.4 Å². The van der Waals surface area contributed by atoms with Gasteiger partial charge in [-0.1, -0.05) is 12.1 Å². The number of fused-ring (bicyclic) bond motifs is 1. The van der Waals surface area contributed by atoms with Gasteiger partial charge >= 0.3 is 0 Å². The molecule has 1 aliphatic heterocycles. The number of hydrogen-bond acceptors (Lipinski definition) is 7. The molecule has 0 atom stereocenters. The molecule has 1 N–H and O–H groups in total. The van der Waals surface area contributed by atoms with Gasteiger partial charge in [0.1, 0.15) is 12.3 Å². The topological polar surface area (TPSA) is 82.3 Å². The van der Waals surface area contributed by atoms with Crippen LogP contribution in [0.2, 0.25) is 0 Å². The average Bonchev–Trinajstić information content (AvgIpc) is 3.49. The maximum absolute atomic E-state index is 5.71. The number of anilines is 2. The van der Waals surface area contributed by atoms with Crippen molar-refractivity contribution in [2.75, 3.05) is 26.1 Å². The Balaban J connectivity index is 1.36. The van der Waals surface area contributed by atoms with E-state index in [9.17, 15) is 0 Å². The van der Waals surface area contributed by atoms with Crippen LogP contribution < -0.4 is 14.8 Å². The zero-order valence-electron chi connectivity index (χ0n) is 20.4. The van der Waals surface area contributed by atoms with Gasteiger partial charge in [0, 0.05) is 36.1 Å². The maximum atomic E-state index is 5.71. The summed E-state index contributed by atoms with van der Waals surface area (Å²) in [7, 11) is 3.25. The first kappa shape index (κ1) is 22.7. The van der Waals surface area contributed by atoms with Crippen LogP contribution in [0.1, 0.15) is 25.8 Å². The van der Waals surface area contributed by atoms with Crippen molar-refractivity contribution in [3.63, 3.8) is 0 Å². The van der Waals surface area contributed by atoms with Crippen LogP contribution in [-0.4, -0.2) is 46.6 Å². The molecule has 3 heterocycles. The minimum Gasteiger partial charge on any atom is -0.493 e. The highest BCUT2D eigenvalue weighted by Gasteiger charge is 2.25. The molecule has 180 valence electrons. The van der Waals surface area contributed by atoms with Crippen LogP contribution in [0, 0.1) is 0 Å². The number of imidazole rings is 1. The van der Waals surface area contributed by atoms with Gasteiger partial charge in [0.05, 0.1) is 25.5 Å². The van der Waals surface area contributed by atoms with Gasteiger partial charge in [-0.2, -0.15) is 0 Å². The Bertz CT molecular complexity index is 1380. The highest BCUT2D eigenvalue weighted by atomic mass is 16.5. The number of aromatic nitrogens is 3. The molecule has 5 rings (SSSR count). The lowest BCUT2D eigenvalue weighted by Gasteiger charge is -2.13. The summed E-state index contributed by atoms with van der Waals surface area (Å²) in [6.45, 7) is 4.83. The predicted molar refractivity (Wildman–Crippen MR) is 137 cm³/mol. The van der Waals surface area contributed by atoms with E-state index in [4.69, 9.17) is 19.2 Å². The second kappa shape index (κ2) is 9.29. The van der Waals surface area contributed by atoms with E-state index in [0.29, 0.717) is 24.1 Å². The van der Waals surface area contributed by atoms with Crippen LogP contribution in [0.15, 0.2) is 65.9 Å². The molecule has 0 fully saturated rings. The third-order valence-corrected chi connectivity index (χ3v) is 5.93. The highest BCUT2D eigenvalue weighted by Crippen LogP contribution is 2.32. The molecule has 2 aromatic heterocycles. The Morgan fingerprint density at radius 3 is 2.51 bits per heavy atom. The lowest BCUT2D eigenvalue weighted by molar-refractivity contribution is 0.274. The number of hydrogen-bond donors (Lipinski definition) is 1. The summed E-state index contributed by atoms with van der Waals surface area (Å²) in [6, 6.07) is 16.1. The van der Waals surface area contributed by atoms with E-state index >= 15 is 0 Å². The minimum atomic E-state index is -0.111. The molecule has 0 amide bonds. The first-order valence-electron chi connectivity index (χ1n) is 11.6. The number of ether oxygens (including phenoxy) is 3. The monoisotopic (exact) mass is 471 g/mol. The molecule has 8 heteroatoms. The van der Waals surface area contributed by atoms with E-state index in [2.05, 4.69) is 53.4 Å². The van der Waals surface area contributed by atoms with E-state index in [0.717, 1.165) is 41.3 Å². The molecule has 2 aromatic carbocycles. The van der Waals surface area contributed by atoms with E-state index in [1.165, 1.54) is 5.56 Å². The molecule has 1 aliphatic rings. The van der Waals surface area contributed by atoms with Gasteiger partial charge in [0.25, 0.3) is 0 Å². The Morgan fingerprint density at radius 1 is 1.00 bits per heavy atom. The van der Waals surface area contributed by atoms with Crippen molar-refractivity contribution < 1.29 is 14.2 Å². The van der Waals surface area contributed by atoms with Crippen molar-refractivity contribution in [3.8, 4) is 22.8 Å². The average molecular weight is 472 g/mol. The van der Waals surface area contributed by atoms with Crippen molar-refractivity contribution in [3.05, 3.63) is 66.5 Å². The fourth-order valence-electron chi connectivity index (χ4n) is 4.08. The number of aliphatic imine (C=N–C) groups is 1. The highest BCUT2D eigenvalue weighted by molar-refractivity contribution is 5.78. The minimum absolute atomic E-state index is 0.111. The summed E-state index contributed by atoms with van der Waals surface area (Å²) in [5, 5.41) is 3.44. The fourth-order valence-corrected chi connectivity index (χ4v) is 4.08. The number of aryl methyl sites for hydroxylation is 1. The molecule has 0 unspecified atom stereocenters. The van der Waals surface area contributed by atoms with Crippen LogP contribution >= 0.6 is 0 Å². The third-order valence-electron chi connectivity index (χ3n) is 5.93. The van der Waals surface area contributed by atoms with Crippen molar-refractivity contribution in [2.45, 2.75) is 32.2 Å². The normalized spacial score (nSPS) is 14.5. The van der Waals surface area contributed by atoms with E-state index in [1.807, 2.05) is 34.9 Å². The Hall–Kier alpha value is -4.07. The van der Waals surface area contributed by atoms with Crippen molar-refractivity contribution in [1.29, 1.82) is 0 Å². The van der Waals surface area contributed by atoms with E-state index < -0.39 is 0 Å². The molecule has 0 radical (unpaired) electrons. The van der Waals surface area contributed by atoms with Crippen LogP contribution in [0.3, 0.4) is 0 Å². The molecular formula is C27H29N5O3. The molecule has 0 spiro atoms. The molecule has 0 aliphatic carbocycles. The number of nitrogens with zero attached hydrogens (tertiary/aromatic N) is 4. The second-order valence-electron chi connectivity index (χ2n) is 9.12. The summed E-state index contributed by atoms with van der Waals surface area (Å²) >= 11 is 0. The van der Waals surface area contributed by atoms with Crippen LogP contribution in [0.4, 0.5) is 11.6 Å². The Morgan fingerprint density at radius 2 is 1.80 bits per heavy atom. The van der Waals surface area contributed by atoms with Crippen LogP contribution in [0.5, 0.6) is 11.5 Å². The SMILES string of the molecule is COc1ccc(-c2cc3nccn3c(Nc3ccc(CCC4=NC(C)(C)CO4)cc3)n2)cc1OC. The number of methoxy groups -OCH3 is 2. The standard InChI is InChI=1S/C27H29N5O3/c1-27(2)17-35-25(31-27)12-7-18-5-9-20(10-6-18)29-26-30-21(16-24-28-13-14-32(24)26)19-8-11-22(33-3)23(15-19)34-4/h5-6,8-11,13-16H,7,12,17H2,1-4H3,(H,29,30). The van der Waals surface area contributed by atoms with Crippen molar-refractivity contribution in [1.82, 2.24) is 14.4 Å². The van der Waals surface area contributed by atoms with Crippen molar-refractivity contribution >= 4 is 23.2 Å². The molecule has 4 aromatic rings. The van der Waals surface area contributed by atoms with Gasteiger partial charge < -0.3 is 19.5 Å². The zero-order valence-corrected chi connectivity index (χ0v) is 20.4. The fraction of sp³-hybridized carbons (Fsp3) is 0.296. The summed E-state index contributed by atoms with van der Waals surface area (Å²) < 4.78 is 18.5. The summed E-state index contributed by atoms with van der Waals surface area (Å²) in [6.07, 6.45) is 5.34. The molecule has 35 heavy (non-hydrogen) atoms. The second-order valence-corrected chi connectivity index (χ2v) is 9.12. The largest absolute Gasteiger partial charge is 0.493 e. The molecule has 0 saturated carbocycles. The summed E-state index contributed by atoms with van der Waals surface area (Å²) in [4.78, 5) is 14.0. The smallest absolute Gasteiger partial charge is 0.213 e. The van der Waals surface area contributed by atoms with Gasteiger partial charge in [0.2, 0.25) is 5.95 Å². The summed E-state index contributed by atoms with van der Waals surface area (Å²) in [5.41, 5.74) is 4.54. The summed E-state index contributed by atoms with van der Waals surface area (Å²) in [5.74, 6) is 2.84. The first-order chi connectivity index (χ1) is 16.9. The van der Waals surface area contributed by atoms with Crippen molar-refractivity contribution in [2.24, 2.45) is 4.99 Å². The lowest BCUT2D eigenvalue weighted by atomic mass is 10.1. The Labute approximate surface area is 204 Å². The first-order valence-corrected chi connectivity index (χ1v) is 11.6. The Kier molecular flexibility index (Phi) is 6.03. The van der Waals surface area contributed by atoms with Gasteiger partial charge in [-0.05, 0) is 56.2 Å². The zero-order chi connectivity index (χ0) is 24.4. The quantitative estimate of drug-likeness (QED) is 0.376. The van der Waals surface area contributed by atoms with Gasteiger partial charge in [-0.3, -0.25) is 4.40 Å². The number of rotatable bonds is 8. The predicted octanol–water partition coefficient (Wildman–Crippen LogP) is 5.30. The maximum Gasteiger partial charge on any atom is 0.213 e. The molecule has 8 nitrogen and oxygen atoms in total. The number of benzene rings is 2. The lowest BCUT2D eigenvalue weighted by Crippen LogP contribution is -2.17. The molecular weight excluding hydrogens is 442 g/mol. The van der Waals surface area contributed by atoms with Crippen LogP contribution in [-0.2, 0) is 11.2 Å². The van der Waals surface area contributed by atoms with E-state index in [-0.39, 0.29) is 5.54 Å².